The number of hydrogen-bond donors (Lipinski definition) is 4. The summed E-state index contributed by atoms with van der Waals surface area (Å²) in [7, 11) is 1.39. The molecule has 160 valence electrons. The van der Waals surface area contributed by atoms with Crippen LogP contribution in [0.1, 0.15) is 30.7 Å². The van der Waals surface area contributed by atoms with Gasteiger partial charge in [0.2, 0.25) is 0 Å². The summed E-state index contributed by atoms with van der Waals surface area (Å²) < 4.78 is 32.8. The summed E-state index contributed by atoms with van der Waals surface area (Å²) in [6, 6.07) is 6.27. The molecule has 8 nitrogen and oxygen atoms in total. The highest BCUT2D eigenvalue weighted by atomic mass is 19.1. The fourth-order valence-corrected chi connectivity index (χ4v) is 2.43. The minimum Gasteiger partial charge on any atom is -0.482 e. The van der Waals surface area contributed by atoms with E-state index < -0.39 is 11.8 Å². The van der Waals surface area contributed by atoms with Crippen molar-refractivity contribution in [3.8, 4) is 0 Å². The predicted octanol–water partition coefficient (Wildman–Crippen LogP) is 3.07. The highest BCUT2D eigenvalue weighted by Gasteiger charge is 2.11. The summed E-state index contributed by atoms with van der Waals surface area (Å²) in [6.45, 7) is 0.477. The molecule has 0 unspecified atom stereocenters. The van der Waals surface area contributed by atoms with Gasteiger partial charge < -0.3 is 20.5 Å². The van der Waals surface area contributed by atoms with Gasteiger partial charge in [0.15, 0.2) is 23.3 Å². The molecule has 0 aliphatic heterocycles. The zero-order valence-corrected chi connectivity index (χ0v) is 16.4. The van der Waals surface area contributed by atoms with Crippen molar-refractivity contribution in [2.45, 2.75) is 25.8 Å². The van der Waals surface area contributed by atoms with Gasteiger partial charge in [0.1, 0.15) is 11.5 Å². The lowest BCUT2D eigenvalue weighted by Gasteiger charge is -2.11. The Kier molecular flexibility index (Phi) is 8.67. The number of methoxy groups -OCH3 is 1. The molecule has 0 amide bonds. The number of aromatic nitrogens is 2. The van der Waals surface area contributed by atoms with E-state index in [2.05, 4.69) is 20.6 Å². The number of hydrogen-bond acceptors (Lipinski definition) is 7. The molecule has 0 spiro atoms. The average Bonchev–Trinajstić information content (AvgIpc) is 2.72. The van der Waals surface area contributed by atoms with Gasteiger partial charge >= 0.3 is 5.97 Å². The van der Waals surface area contributed by atoms with Crippen LogP contribution in [0.2, 0.25) is 0 Å². The Morgan fingerprint density at radius 3 is 2.73 bits per heavy atom. The topological polar surface area (TPSA) is 120 Å². The maximum Gasteiger partial charge on any atom is 0.303 e. The Morgan fingerprint density at radius 2 is 2.03 bits per heavy atom. The molecule has 0 radical (unpaired) electrons. The molecular formula is C20H23F2N5O3. The molecule has 0 aliphatic rings. The second kappa shape index (κ2) is 11.4. The van der Waals surface area contributed by atoms with E-state index in [0.29, 0.717) is 24.9 Å². The number of rotatable bonds is 12. The fraction of sp³-hybridized carbons (Fsp3) is 0.300. The third-order valence-corrected chi connectivity index (χ3v) is 4.00. The Balaban J connectivity index is 2.00. The van der Waals surface area contributed by atoms with E-state index in [0.717, 1.165) is 6.20 Å². The summed E-state index contributed by atoms with van der Waals surface area (Å²) in [6.07, 6.45) is 3.27. The zero-order valence-electron chi connectivity index (χ0n) is 16.4. The van der Waals surface area contributed by atoms with E-state index in [1.165, 1.54) is 19.3 Å². The van der Waals surface area contributed by atoms with E-state index >= 15 is 0 Å². The van der Waals surface area contributed by atoms with Crippen LogP contribution in [0.5, 0.6) is 0 Å². The molecule has 0 aliphatic carbocycles. The second-order valence-corrected chi connectivity index (χ2v) is 6.24. The third kappa shape index (κ3) is 7.12. The number of benzene rings is 1. The molecular weight excluding hydrogens is 396 g/mol. The predicted molar refractivity (Wildman–Crippen MR) is 107 cm³/mol. The Bertz CT molecular complexity index is 921. The first kappa shape index (κ1) is 22.7. The first-order chi connectivity index (χ1) is 14.4. The maximum atomic E-state index is 13.9. The molecule has 0 atom stereocenters. The van der Waals surface area contributed by atoms with E-state index in [-0.39, 0.29) is 42.0 Å². The molecule has 4 N–H and O–H groups in total. The molecule has 1 heterocycles. The SMILES string of the molecule is CO/C(=C/C(=N)c1ncc(F)c(NCCCCC(=O)O)n1)NCc1ccccc1F. The summed E-state index contributed by atoms with van der Waals surface area (Å²) in [5, 5.41) is 22.4. The zero-order chi connectivity index (χ0) is 21.9. The molecule has 1 aromatic carbocycles. The highest BCUT2D eigenvalue weighted by Crippen LogP contribution is 2.11. The van der Waals surface area contributed by atoms with Gasteiger partial charge in [-0.15, -0.1) is 0 Å². The van der Waals surface area contributed by atoms with Crippen LogP contribution in [0.3, 0.4) is 0 Å². The van der Waals surface area contributed by atoms with E-state index in [4.69, 9.17) is 15.3 Å². The molecule has 0 saturated heterocycles. The van der Waals surface area contributed by atoms with Gasteiger partial charge in [-0.05, 0) is 18.9 Å². The van der Waals surface area contributed by atoms with Crippen molar-refractivity contribution < 1.29 is 23.4 Å². The van der Waals surface area contributed by atoms with Gasteiger partial charge in [-0.25, -0.2) is 18.7 Å². The van der Waals surface area contributed by atoms with Crippen LogP contribution >= 0.6 is 0 Å². The Hall–Kier alpha value is -3.56. The number of nitrogens with zero attached hydrogens (tertiary/aromatic N) is 2. The molecule has 0 fully saturated rings. The minimum atomic E-state index is -0.886. The van der Waals surface area contributed by atoms with Gasteiger partial charge in [0, 0.05) is 31.1 Å². The Morgan fingerprint density at radius 1 is 1.27 bits per heavy atom. The van der Waals surface area contributed by atoms with Gasteiger partial charge in [-0.2, -0.15) is 0 Å². The second-order valence-electron chi connectivity index (χ2n) is 6.24. The fourth-order valence-electron chi connectivity index (χ4n) is 2.43. The molecule has 0 bridgehead atoms. The van der Waals surface area contributed by atoms with Crippen molar-refractivity contribution in [1.82, 2.24) is 15.3 Å². The lowest BCUT2D eigenvalue weighted by atomic mass is 10.2. The number of aliphatic carboxylic acids is 1. The maximum absolute atomic E-state index is 13.9. The molecule has 1 aromatic heterocycles. The van der Waals surface area contributed by atoms with Gasteiger partial charge in [-0.1, -0.05) is 18.2 Å². The summed E-state index contributed by atoms with van der Waals surface area (Å²) in [5.41, 5.74) is 0.293. The first-order valence-corrected chi connectivity index (χ1v) is 9.20. The van der Waals surface area contributed by atoms with E-state index in [1.54, 1.807) is 18.2 Å². The van der Waals surface area contributed by atoms with E-state index in [1.807, 2.05) is 0 Å². The highest BCUT2D eigenvalue weighted by molar-refractivity contribution is 6.04. The smallest absolute Gasteiger partial charge is 0.303 e. The largest absolute Gasteiger partial charge is 0.482 e. The summed E-state index contributed by atoms with van der Waals surface area (Å²) in [4.78, 5) is 18.3. The number of allylic oxidation sites excluding steroid dienone is 1. The van der Waals surface area contributed by atoms with Crippen molar-refractivity contribution >= 4 is 17.5 Å². The van der Waals surface area contributed by atoms with Crippen LogP contribution in [0.4, 0.5) is 14.6 Å². The molecule has 30 heavy (non-hydrogen) atoms. The van der Waals surface area contributed by atoms with Crippen molar-refractivity contribution in [2.24, 2.45) is 0 Å². The lowest BCUT2D eigenvalue weighted by Crippen LogP contribution is -2.17. The number of carbonyl (C=O) groups is 1. The van der Waals surface area contributed by atoms with Gasteiger partial charge in [0.25, 0.3) is 0 Å². The van der Waals surface area contributed by atoms with Crippen LogP contribution < -0.4 is 10.6 Å². The van der Waals surface area contributed by atoms with Crippen LogP contribution in [0, 0.1) is 17.0 Å². The van der Waals surface area contributed by atoms with Crippen LogP contribution in [0.25, 0.3) is 0 Å². The van der Waals surface area contributed by atoms with Crippen molar-refractivity contribution in [3.05, 3.63) is 65.4 Å². The minimum absolute atomic E-state index is 0.0355. The molecule has 10 heteroatoms. The quantitative estimate of drug-likeness (QED) is 0.237. The van der Waals surface area contributed by atoms with Crippen LogP contribution in [-0.4, -0.2) is 40.4 Å². The normalized spacial score (nSPS) is 11.1. The van der Waals surface area contributed by atoms with Crippen molar-refractivity contribution in [2.75, 3.05) is 19.0 Å². The Labute approximate surface area is 172 Å². The van der Waals surface area contributed by atoms with Crippen molar-refractivity contribution in [1.29, 1.82) is 5.41 Å². The van der Waals surface area contributed by atoms with Crippen LogP contribution in [-0.2, 0) is 16.1 Å². The first-order valence-electron chi connectivity index (χ1n) is 9.20. The molecule has 0 saturated carbocycles. The van der Waals surface area contributed by atoms with Crippen LogP contribution in [0.15, 0.2) is 42.4 Å². The standard InChI is InChI=1S/C20H23F2N5O3/c1-30-17(25-11-13-6-2-3-7-14(13)21)10-16(23)20-26-12-15(22)19(27-20)24-9-5-4-8-18(28)29/h2-3,6-7,10,12,23,25H,4-5,8-9,11H2,1H3,(H,28,29)(H,24,26,27)/b17-10+,23-16?. The van der Waals surface area contributed by atoms with Gasteiger partial charge in [0.05, 0.1) is 13.3 Å². The molecule has 2 rings (SSSR count). The number of carboxylic acids is 1. The number of unbranched alkanes of at least 4 members (excludes halogenated alkanes) is 1. The number of anilines is 1. The lowest BCUT2D eigenvalue weighted by molar-refractivity contribution is -0.137. The molecule has 2 aromatic rings. The van der Waals surface area contributed by atoms with Gasteiger partial charge in [-0.3, -0.25) is 10.2 Å². The summed E-state index contributed by atoms with van der Waals surface area (Å²) in [5.74, 6) is -1.85. The number of carboxylic acid groups (broad SMARTS) is 1. The summed E-state index contributed by atoms with van der Waals surface area (Å²) >= 11 is 0. The number of halogens is 2. The number of nitrogens with one attached hydrogen (secondary N) is 3. The average molecular weight is 419 g/mol. The third-order valence-electron chi connectivity index (χ3n) is 4.00. The number of ether oxygens (including phenoxy) is 1. The van der Waals surface area contributed by atoms with E-state index in [9.17, 15) is 13.6 Å². The monoisotopic (exact) mass is 419 g/mol. The van der Waals surface area contributed by atoms with Crippen molar-refractivity contribution in [3.63, 3.8) is 0 Å².